The molecule has 20 heavy (non-hydrogen) atoms. The van der Waals surface area contributed by atoms with E-state index in [0.29, 0.717) is 34.7 Å². The Labute approximate surface area is 124 Å². The van der Waals surface area contributed by atoms with Gasteiger partial charge in [0.2, 0.25) is 0 Å². The average molecular weight is 312 g/mol. The zero-order valence-electron chi connectivity index (χ0n) is 10.5. The monoisotopic (exact) mass is 311 g/mol. The van der Waals surface area contributed by atoms with Gasteiger partial charge in [-0.05, 0) is 12.1 Å². The lowest BCUT2D eigenvalue weighted by Crippen LogP contribution is -2.15. The van der Waals surface area contributed by atoms with Gasteiger partial charge in [0.25, 0.3) is 0 Å². The molecule has 2 aromatic rings. The van der Waals surface area contributed by atoms with Crippen molar-refractivity contribution in [1.29, 1.82) is 0 Å². The fraction of sp³-hybridized carbons (Fsp3) is 0.231. The van der Waals surface area contributed by atoms with Gasteiger partial charge in [-0.2, -0.15) is 0 Å². The van der Waals surface area contributed by atoms with Gasteiger partial charge in [0, 0.05) is 10.9 Å². The Kier molecular flexibility index (Phi) is 3.50. The summed E-state index contributed by atoms with van der Waals surface area (Å²) in [7, 11) is 1.32. The van der Waals surface area contributed by atoms with Crippen LogP contribution in [0.2, 0.25) is 5.02 Å². The summed E-state index contributed by atoms with van der Waals surface area (Å²) in [5.74, 6) is 0.677. The lowest BCUT2D eigenvalue weighted by molar-refractivity contribution is 0.0595. The molecule has 3 rings (SSSR count). The van der Waals surface area contributed by atoms with Gasteiger partial charge < -0.3 is 14.2 Å². The van der Waals surface area contributed by atoms with Crippen LogP contribution in [0.5, 0.6) is 11.5 Å². The maximum atomic E-state index is 11.4. The van der Waals surface area contributed by atoms with Gasteiger partial charge in [-0.15, -0.1) is 11.3 Å². The molecule has 0 spiro atoms. The van der Waals surface area contributed by atoms with Crippen LogP contribution in [-0.2, 0) is 4.74 Å². The van der Waals surface area contributed by atoms with E-state index >= 15 is 0 Å². The second-order valence-electron chi connectivity index (χ2n) is 4.01. The van der Waals surface area contributed by atoms with E-state index in [0.717, 1.165) is 5.56 Å². The predicted molar refractivity (Wildman–Crippen MR) is 74.9 cm³/mol. The number of halogens is 1. The standard InChI is InChI=1S/C13H10ClNO4S/c1-17-13(16)9-6-20-12(15-9)7-4-8(14)11-10(5-7)18-2-3-19-11/h4-6H,2-3H2,1H3. The number of thiazole rings is 1. The average Bonchev–Trinajstić information content (AvgIpc) is 2.96. The fourth-order valence-electron chi connectivity index (χ4n) is 1.84. The van der Waals surface area contributed by atoms with Crippen LogP contribution in [0.15, 0.2) is 17.5 Å². The van der Waals surface area contributed by atoms with Crippen molar-refractivity contribution in [3.63, 3.8) is 0 Å². The summed E-state index contributed by atoms with van der Waals surface area (Å²) < 4.78 is 15.6. The summed E-state index contributed by atoms with van der Waals surface area (Å²) in [5.41, 5.74) is 1.05. The van der Waals surface area contributed by atoms with E-state index in [1.165, 1.54) is 18.4 Å². The highest BCUT2D eigenvalue weighted by molar-refractivity contribution is 7.13. The van der Waals surface area contributed by atoms with Crippen molar-refractivity contribution in [3.8, 4) is 22.1 Å². The quantitative estimate of drug-likeness (QED) is 0.798. The summed E-state index contributed by atoms with van der Waals surface area (Å²) in [4.78, 5) is 15.6. The van der Waals surface area contributed by atoms with Gasteiger partial charge in [-0.3, -0.25) is 0 Å². The first-order chi connectivity index (χ1) is 9.69. The van der Waals surface area contributed by atoms with Crippen molar-refractivity contribution in [2.75, 3.05) is 20.3 Å². The number of hydrogen-bond acceptors (Lipinski definition) is 6. The van der Waals surface area contributed by atoms with Gasteiger partial charge in [0.05, 0.1) is 12.1 Å². The van der Waals surface area contributed by atoms with Crippen LogP contribution in [0.25, 0.3) is 10.6 Å². The Morgan fingerprint density at radius 2 is 2.20 bits per heavy atom. The molecule has 1 aliphatic rings. The minimum Gasteiger partial charge on any atom is -0.486 e. The Bertz CT molecular complexity index is 670. The third-order valence-electron chi connectivity index (χ3n) is 2.74. The van der Waals surface area contributed by atoms with Crippen LogP contribution < -0.4 is 9.47 Å². The van der Waals surface area contributed by atoms with Gasteiger partial charge >= 0.3 is 5.97 Å². The lowest BCUT2D eigenvalue weighted by atomic mass is 10.2. The topological polar surface area (TPSA) is 57.7 Å². The number of fused-ring (bicyclic) bond motifs is 1. The molecular weight excluding hydrogens is 302 g/mol. The second-order valence-corrected chi connectivity index (χ2v) is 5.28. The zero-order valence-corrected chi connectivity index (χ0v) is 12.1. The van der Waals surface area contributed by atoms with Gasteiger partial charge in [0.15, 0.2) is 17.2 Å². The van der Waals surface area contributed by atoms with E-state index in [1.54, 1.807) is 17.5 Å². The van der Waals surface area contributed by atoms with E-state index in [-0.39, 0.29) is 5.69 Å². The number of carbonyl (C=O) groups excluding carboxylic acids is 1. The minimum atomic E-state index is -0.462. The van der Waals surface area contributed by atoms with Crippen LogP contribution in [0.1, 0.15) is 10.5 Å². The summed E-state index contributed by atoms with van der Waals surface area (Å²) in [5, 5.41) is 2.78. The number of benzene rings is 1. The normalized spacial score (nSPS) is 13.1. The molecule has 0 saturated carbocycles. The number of carbonyl (C=O) groups is 1. The summed E-state index contributed by atoms with van der Waals surface area (Å²) >= 11 is 7.51. The first-order valence-electron chi connectivity index (χ1n) is 5.82. The minimum absolute atomic E-state index is 0.276. The van der Waals surface area contributed by atoms with Crippen LogP contribution >= 0.6 is 22.9 Å². The molecule has 0 N–H and O–H groups in total. The van der Waals surface area contributed by atoms with Gasteiger partial charge in [-0.25, -0.2) is 9.78 Å². The van der Waals surface area contributed by atoms with Crippen molar-refractivity contribution in [3.05, 3.63) is 28.2 Å². The smallest absolute Gasteiger partial charge is 0.357 e. The van der Waals surface area contributed by atoms with Gasteiger partial charge in [-0.1, -0.05) is 11.6 Å². The number of nitrogens with zero attached hydrogens (tertiary/aromatic N) is 1. The highest BCUT2D eigenvalue weighted by Crippen LogP contribution is 2.41. The molecule has 1 aromatic heterocycles. The second kappa shape index (κ2) is 5.30. The molecule has 0 atom stereocenters. The Balaban J connectivity index is 2.00. The molecule has 7 heteroatoms. The van der Waals surface area contributed by atoms with E-state index in [1.807, 2.05) is 0 Å². The summed E-state index contributed by atoms with van der Waals surface area (Å²) in [6, 6.07) is 3.55. The lowest BCUT2D eigenvalue weighted by Gasteiger charge is -2.19. The molecule has 1 aliphatic heterocycles. The number of rotatable bonds is 2. The molecule has 0 bridgehead atoms. The number of esters is 1. The zero-order chi connectivity index (χ0) is 14.1. The molecule has 1 aromatic carbocycles. The maximum Gasteiger partial charge on any atom is 0.357 e. The SMILES string of the molecule is COC(=O)c1csc(-c2cc(Cl)c3c(c2)OCCO3)n1. The molecule has 5 nitrogen and oxygen atoms in total. The van der Waals surface area contributed by atoms with Crippen molar-refractivity contribution in [1.82, 2.24) is 4.98 Å². The molecule has 0 amide bonds. The number of hydrogen-bond donors (Lipinski definition) is 0. The molecule has 0 fully saturated rings. The van der Waals surface area contributed by atoms with E-state index in [2.05, 4.69) is 9.72 Å². The third-order valence-corrected chi connectivity index (χ3v) is 3.91. The Morgan fingerprint density at radius 3 is 3.00 bits per heavy atom. The molecule has 0 unspecified atom stereocenters. The highest BCUT2D eigenvalue weighted by Gasteiger charge is 2.19. The van der Waals surface area contributed by atoms with Crippen molar-refractivity contribution < 1.29 is 19.0 Å². The van der Waals surface area contributed by atoms with Crippen molar-refractivity contribution >= 4 is 28.9 Å². The third kappa shape index (κ3) is 2.32. The van der Waals surface area contributed by atoms with E-state index < -0.39 is 5.97 Å². The van der Waals surface area contributed by atoms with Gasteiger partial charge in [0.1, 0.15) is 18.2 Å². The molecule has 0 radical (unpaired) electrons. The molecule has 0 aliphatic carbocycles. The molecule has 104 valence electrons. The molecular formula is C13H10ClNO4S. The van der Waals surface area contributed by atoms with E-state index in [4.69, 9.17) is 21.1 Å². The molecule has 2 heterocycles. The highest BCUT2D eigenvalue weighted by atomic mass is 35.5. The maximum absolute atomic E-state index is 11.4. The summed E-state index contributed by atoms with van der Waals surface area (Å²) in [6.07, 6.45) is 0. The van der Waals surface area contributed by atoms with E-state index in [9.17, 15) is 4.79 Å². The number of ether oxygens (including phenoxy) is 3. The first kappa shape index (κ1) is 13.2. The first-order valence-corrected chi connectivity index (χ1v) is 7.08. The fourth-order valence-corrected chi connectivity index (χ4v) is 2.88. The Hall–Kier alpha value is -1.79. The van der Waals surface area contributed by atoms with Crippen LogP contribution in [0.3, 0.4) is 0 Å². The number of aromatic nitrogens is 1. The summed E-state index contributed by atoms with van der Waals surface area (Å²) in [6.45, 7) is 0.966. The largest absolute Gasteiger partial charge is 0.486 e. The Morgan fingerprint density at radius 1 is 1.40 bits per heavy atom. The van der Waals surface area contributed by atoms with Crippen LogP contribution in [0, 0.1) is 0 Å². The predicted octanol–water partition coefficient (Wildman–Crippen LogP) is 3.02. The van der Waals surface area contributed by atoms with Crippen LogP contribution in [-0.4, -0.2) is 31.3 Å². The van der Waals surface area contributed by atoms with Crippen LogP contribution in [0.4, 0.5) is 0 Å². The van der Waals surface area contributed by atoms with Crippen molar-refractivity contribution in [2.45, 2.75) is 0 Å². The molecule has 0 saturated heterocycles. The van der Waals surface area contributed by atoms with Crippen molar-refractivity contribution in [2.24, 2.45) is 0 Å². The number of methoxy groups -OCH3 is 1.